The molecule has 1 heterocycles. The van der Waals surface area contributed by atoms with Crippen LogP contribution < -0.4 is 0 Å². The molecule has 100 valence electrons. The van der Waals surface area contributed by atoms with E-state index in [4.69, 9.17) is 0 Å². The summed E-state index contributed by atoms with van der Waals surface area (Å²) in [6.07, 6.45) is 7.75. The number of likely N-dealkylation sites (tertiary alicyclic amines) is 1. The minimum Gasteiger partial charge on any atom is -0.302 e. The molecule has 1 fully saturated rings. The van der Waals surface area contributed by atoms with E-state index in [2.05, 4.69) is 17.1 Å². The number of carbonyl (C=O) groups excluding carboxylic acids is 1. The van der Waals surface area contributed by atoms with Crippen molar-refractivity contribution < 1.29 is 4.79 Å². The molecule has 0 unspecified atom stereocenters. The third-order valence-corrected chi connectivity index (χ3v) is 4.45. The second-order valence-corrected chi connectivity index (χ2v) is 5.76. The Labute approximate surface area is 115 Å². The quantitative estimate of drug-likeness (QED) is 0.608. The topological polar surface area (TPSA) is 20.3 Å². The number of allylic oxidation sites excluding steroid dienone is 2. The number of benzene rings is 1. The molecule has 1 aliphatic carbocycles. The van der Waals surface area contributed by atoms with Crippen LogP contribution in [0.1, 0.15) is 29.6 Å². The van der Waals surface area contributed by atoms with Crippen LogP contribution in [0.15, 0.2) is 42.5 Å². The predicted molar refractivity (Wildman–Crippen MR) is 77.2 cm³/mol. The fourth-order valence-electron chi connectivity index (χ4n) is 3.32. The second-order valence-electron chi connectivity index (χ2n) is 5.76. The zero-order valence-corrected chi connectivity index (χ0v) is 11.3. The lowest BCUT2D eigenvalue weighted by Crippen LogP contribution is -2.24. The van der Waals surface area contributed by atoms with Crippen LogP contribution in [-0.2, 0) is 0 Å². The van der Waals surface area contributed by atoms with Crippen LogP contribution >= 0.6 is 0 Å². The largest absolute Gasteiger partial charge is 0.302 e. The Hall–Kier alpha value is -1.41. The summed E-state index contributed by atoms with van der Waals surface area (Å²) in [7, 11) is 0. The molecule has 0 amide bonds. The normalized spacial score (nSPS) is 26.3. The summed E-state index contributed by atoms with van der Waals surface area (Å²) in [5, 5.41) is 0. The number of hydrogen-bond donors (Lipinski definition) is 0. The van der Waals surface area contributed by atoms with Crippen LogP contribution in [0.5, 0.6) is 0 Å². The zero-order valence-electron chi connectivity index (χ0n) is 11.3. The molecule has 19 heavy (non-hydrogen) atoms. The van der Waals surface area contributed by atoms with Crippen molar-refractivity contribution in [1.29, 1.82) is 0 Å². The Morgan fingerprint density at radius 1 is 1.05 bits per heavy atom. The van der Waals surface area contributed by atoms with Crippen molar-refractivity contribution in [3.63, 3.8) is 0 Å². The number of nitrogens with zero attached hydrogens (tertiary/aromatic N) is 1. The molecule has 0 radical (unpaired) electrons. The van der Waals surface area contributed by atoms with Gasteiger partial charge in [-0.3, -0.25) is 4.79 Å². The molecule has 1 aliphatic heterocycles. The molecule has 3 rings (SSSR count). The summed E-state index contributed by atoms with van der Waals surface area (Å²) >= 11 is 0. The van der Waals surface area contributed by atoms with E-state index in [1.165, 1.54) is 25.9 Å². The van der Waals surface area contributed by atoms with Crippen LogP contribution in [0, 0.1) is 11.8 Å². The lowest BCUT2D eigenvalue weighted by molar-refractivity contribution is 0.0968. The van der Waals surface area contributed by atoms with Crippen molar-refractivity contribution in [3.05, 3.63) is 48.0 Å². The molecular formula is C17H21NO. The number of carbonyl (C=O) groups is 1. The first-order valence-electron chi connectivity index (χ1n) is 7.28. The van der Waals surface area contributed by atoms with E-state index in [1.807, 2.05) is 30.3 Å². The SMILES string of the molecule is O=C(CCN1C[C@H]2CC=CC[C@@H]2C1)c1ccccc1. The van der Waals surface area contributed by atoms with Crippen molar-refractivity contribution in [3.8, 4) is 0 Å². The highest BCUT2D eigenvalue weighted by atomic mass is 16.1. The number of ketones is 1. The van der Waals surface area contributed by atoms with Gasteiger partial charge in [0.2, 0.25) is 0 Å². The van der Waals surface area contributed by atoms with Crippen molar-refractivity contribution in [1.82, 2.24) is 4.90 Å². The summed E-state index contributed by atoms with van der Waals surface area (Å²) < 4.78 is 0. The van der Waals surface area contributed by atoms with Crippen molar-refractivity contribution in [2.75, 3.05) is 19.6 Å². The van der Waals surface area contributed by atoms with Gasteiger partial charge in [-0.2, -0.15) is 0 Å². The molecule has 0 spiro atoms. The molecule has 0 N–H and O–H groups in total. The van der Waals surface area contributed by atoms with Crippen LogP contribution in [0.4, 0.5) is 0 Å². The van der Waals surface area contributed by atoms with Gasteiger partial charge in [0.05, 0.1) is 0 Å². The molecule has 1 aromatic rings. The fraction of sp³-hybridized carbons (Fsp3) is 0.471. The maximum absolute atomic E-state index is 12.1. The first-order chi connectivity index (χ1) is 9.33. The van der Waals surface area contributed by atoms with Gasteiger partial charge in [-0.15, -0.1) is 0 Å². The minimum atomic E-state index is 0.272. The van der Waals surface area contributed by atoms with Crippen molar-refractivity contribution >= 4 is 5.78 Å². The lowest BCUT2D eigenvalue weighted by Gasteiger charge is -2.18. The van der Waals surface area contributed by atoms with Gasteiger partial charge >= 0.3 is 0 Å². The number of hydrogen-bond acceptors (Lipinski definition) is 2. The van der Waals surface area contributed by atoms with Crippen LogP contribution in [0.3, 0.4) is 0 Å². The Morgan fingerprint density at radius 3 is 2.32 bits per heavy atom. The second kappa shape index (κ2) is 5.70. The predicted octanol–water partition coefficient (Wildman–Crippen LogP) is 3.16. The van der Waals surface area contributed by atoms with E-state index in [-0.39, 0.29) is 5.78 Å². The number of Topliss-reactive ketones (excluding diaryl/α,β-unsaturated/α-hetero) is 1. The molecule has 1 saturated heterocycles. The Balaban J connectivity index is 1.50. The standard InChI is InChI=1S/C17H21NO/c19-17(14-6-2-1-3-7-14)10-11-18-12-15-8-4-5-9-16(15)13-18/h1-7,15-16H,8-13H2/t15-,16-/m1/s1. The van der Waals surface area contributed by atoms with E-state index in [0.29, 0.717) is 6.42 Å². The van der Waals surface area contributed by atoms with Gasteiger partial charge in [-0.25, -0.2) is 0 Å². The molecule has 2 heteroatoms. The third-order valence-electron chi connectivity index (χ3n) is 4.45. The average Bonchev–Trinajstić information content (AvgIpc) is 2.88. The Morgan fingerprint density at radius 2 is 1.68 bits per heavy atom. The van der Waals surface area contributed by atoms with E-state index in [1.54, 1.807) is 0 Å². The van der Waals surface area contributed by atoms with Gasteiger partial charge in [-0.1, -0.05) is 42.5 Å². The van der Waals surface area contributed by atoms with Crippen molar-refractivity contribution in [2.45, 2.75) is 19.3 Å². The van der Waals surface area contributed by atoms with Gasteiger partial charge in [0.15, 0.2) is 5.78 Å². The minimum absolute atomic E-state index is 0.272. The van der Waals surface area contributed by atoms with Crippen molar-refractivity contribution in [2.24, 2.45) is 11.8 Å². The van der Waals surface area contributed by atoms with E-state index in [0.717, 1.165) is 23.9 Å². The molecule has 0 aromatic heterocycles. The summed E-state index contributed by atoms with van der Waals surface area (Å²) in [4.78, 5) is 14.6. The zero-order chi connectivity index (χ0) is 13.1. The third kappa shape index (κ3) is 2.95. The molecule has 0 bridgehead atoms. The van der Waals surface area contributed by atoms with Crippen LogP contribution in [0.25, 0.3) is 0 Å². The Kier molecular flexibility index (Phi) is 3.79. The number of fused-ring (bicyclic) bond motifs is 1. The van der Waals surface area contributed by atoms with E-state index in [9.17, 15) is 4.79 Å². The summed E-state index contributed by atoms with van der Waals surface area (Å²) in [5.41, 5.74) is 0.848. The molecule has 1 aromatic carbocycles. The van der Waals surface area contributed by atoms with Gasteiger partial charge in [0, 0.05) is 31.6 Å². The van der Waals surface area contributed by atoms with E-state index < -0.39 is 0 Å². The van der Waals surface area contributed by atoms with Crippen LogP contribution in [0.2, 0.25) is 0 Å². The Bertz CT molecular complexity index is 449. The first kappa shape index (κ1) is 12.6. The molecule has 2 aliphatic rings. The highest BCUT2D eigenvalue weighted by Gasteiger charge is 2.32. The van der Waals surface area contributed by atoms with E-state index >= 15 is 0 Å². The number of rotatable bonds is 4. The fourth-order valence-corrected chi connectivity index (χ4v) is 3.32. The molecular weight excluding hydrogens is 234 g/mol. The molecule has 2 nitrogen and oxygen atoms in total. The maximum Gasteiger partial charge on any atom is 0.164 e. The smallest absolute Gasteiger partial charge is 0.164 e. The summed E-state index contributed by atoms with van der Waals surface area (Å²) in [6.45, 7) is 3.27. The summed E-state index contributed by atoms with van der Waals surface area (Å²) in [5.74, 6) is 1.93. The maximum atomic E-state index is 12.1. The van der Waals surface area contributed by atoms with Gasteiger partial charge in [0.1, 0.15) is 0 Å². The highest BCUT2D eigenvalue weighted by molar-refractivity contribution is 5.96. The lowest BCUT2D eigenvalue weighted by atomic mass is 9.86. The average molecular weight is 255 g/mol. The van der Waals surface area contributed by atoms with Gasteiger partial charge in [0.25, 0.3) is 0 Å². The molecule has 0 saturated carbocycles. The van der Waals surface area contributed by atoms with Crippen LogP contribution in [-0.4, -0.2) is 30.3 Å². The highest BCUT2D eigenvalue weighted by Crippen LogP contribution is 2.32. The van der Waals surface area contributed by atoms with Gasteiger partial charge in [-0.05, 0) is 24.7 Å². The molecule has 2 atom stereocenters. The van der Waals surface area contributed by atoms with Gasteiger partial charge < -0.3 is 4.90 Å². The monoisotopic (exact) mass is 255 g/mol. The first-order valence-corrected chi connectivity index (χ1v) is 7.28. The summed E-state index contributed by atoms with van der Waals surface area (Å²) in [6, 6.07) is 9.65.